The largest absolute Gasteiger partial charge is 0.394 e. The third kappa shape index (κ3) is 3.13. The van der Waals surface area contributed by atoms with Gasteiger partial charge in [-0.15, -0.1) is 0 Å². The summed E-state index contributed by atoms with van der Waals surface area (Å²) >= 11 is 0. The molecular formula is C17H30N2O4. The van der Waals surface area contributed by atoms with Crippen LogP contribution in [0.2, 0.25) is 0 Å². The molecule has 0 heterocycles. The topological polar surface area (TPSA) is 105 Å². The summed E-state index contributed by atoms with van der Waals surface area (Å²) in [5.41, 5.74) is 1.81. The van der Waals surface area contributed by atoms with E-state index in [-0.39, 0.29) is 23.7 Å². The third-order valence-corrected chi connectivity index (χ3v) is 5.57. The van der Waals surface area contributed by atoms with Gasteiger partial charge in [-0.3, -0.25) is 0 Å². The van der Waals surface area contributed by atoms with Crippen LogP contribution in [-0.4, -0.2) is 58.9 Å². The van der Waals surface area contributed by atoms with Gasteiger partial charge in [0.25, 0.3) is 0 Å². The second kappa shape index (κ2) is 7.21. The van der Waals surface area contributed by atoms with Gasteiger partial charge in [-0.25, -0.2) is 0 Å². The minimum atomic E-state index is -0.637. The lowest BCUT2D eigenvalue weighted by atomic mass is 9.57. The highest BCUT2D eigenvalue weighted by Gasteiger charge is 2.56. The van der Waals surface area contributed by atoms with E-state index in [0.29, 0.717) is 6.42 Å². The van der Waals surface area contributed by atoms with E-state index in [1.165, 1.54) is 0 Å². The van der Waals surface area contributed by atoms with E-state index in [0.717, 1.165) is 11.1 Å². The Balaban J connectivity index is 1.95. The van der Waals surface area contributed by atoms with Crippen molar-refractivity contribution < 1.29 is 20.4 Å². The van der Waals surface area contributed by atoms with Gasteiger partial charge in [0.05, 0.1) is 24.4 Å². The van der Waals surface area contributed by atoms with Crippen LogP contribution in [0.25, 0.3) is 0 Å². The molecule has 0 aromatic carbocycles. The lowest BCUT2D eigenvalue weighted by molar-refractivity contribution is -0.187. The highest BCUT2D eigenvalue weighted by atomic mass is 16.3. The lowest BCUT2D eigenvalue weighted by Crippen LogP contribution is -2.62. The van der Waals surface area contributed by atoms with E-state index < -0.39 is 24.4 Å². The summed E-state index contributed by atoms with van der Waals surface area (Å²) in [7, 11) is 3.56. The molecule has 0 aromatic heterocycles. The molecule has 2 saturated carbocycles. The molecule has 0 aromatic rings. The van der Waals surface area contributed by atoms with Crippen molar-refractivity contribution in [1.82, 2.24) is 10.6 Å². The molecule has 4 atom stereocenters. The predicted molar refractivity (Wildman–Crippen MR) is 88.2 cm³/mol. The van der Waals surface area contributed by atoms with Crippen LogP contribution < -0.4 is 10.6 Å². The van der Waals surface area contributed by atoms with Crippen molar-refractivity contribution in [2.45, 2.75) is 44.7 Å². The molecule has 0 saturated heterocycles. The van der Waals surface area contributed by atoms with E-state index in [1.807, 2.05) is 13.8 Å². The van der Waals surface area contributed by atoms with Crippen LogP contribution in [0.4, 0.5) is 0 Å². The van der Waals surface area contributed by atoms with Crippen LogP contribution >= 0.6 is 0 Å². The van der Waals surface area contributed by atoms with Crippen molar-refractivity contribution in [3.05, 3.63) is 23.5 Å². The van der Waals surface area contributed by atoms with E-state index in [4.69, 9.17) is 0 Å². The second-order valence-electron chi connectivity index (χ2n) is 6.93. The van der Waals surface area contributed by atoms with Crippen molar-refractivity contribution >= 4 is 0 Å². The van der Waals surface area contributed by atoms with Crippen LogP contribution in [0.1, 0.15) is 20.3 Å². The van der Waals surface area contributed by atoms with Crippen LogP contribution in [0.5, 0.6) is 0 Å². The smallest absolute Gasteiger partial charge is 0.0684 e. The fourth-order valence-corrected chi connectivity index (χ4v) is 4.18. The maximum Gasteiger partial charge on any atom is 0.0684 e. The van der Waals surface area contributed by atoms with Gasteiger partial charge < -0.3 is 31.1 Å². The Morgan fingerprint density at radius 3 is 1.30 bits per heavy atom. The zero-order valence-corrected chi connectivity index (χ0v) is 14.3. The fraction of sp³-hybridized carbons (Fsp3) is 0.765. The first-order chi connectivity index (χ1) is 10.8. The first-order valence-electron chi connectivity index (χ1n) is 8.25. The Kier molecular flexibility index (Phi) is 5.73. The average Bonchev–Trinajstić information content (AvgIpc) is 2.48. The van der Waals surface area contributed by atoms with Gasteiger partial charge in [0.15, 0.2) is 0 Å². The molecule has 0 amide bonds. The molecule has 0 radical (unpaired) electrons. The molecule has 4 unspecified atom stereocenters. The summed E-state index contributed by atoms with van der Waals surface area (Å²) < 4.78 is 0. The van der Waals surface area contributed by atoms with Gasteiger partial charge in [-0.2, -0.15) is 0 Å². The summed E-state index contributed by atoms with van der Waals surface area (Å²) in [6.45, 7) is 3.75. The molecular weight excluding hydrogens is 296 g/mol. The van der Waals surface area contributed by atoms with Crippen LogP contribution in [-0.2, 0) is 0 Å². The van der Waals surface area contributed by atoms with Crippen LogP contribution in [0, 0.1) is 23.7 Å². The number of nitrogens with one attached hydrogen (secondary N) is 2. The number of rotatable bonds is 6. The van der Waals surface area contributed by atoms with Crippen molar-refractivity contribution in [1.29, 1.82) is 0 Å². The molecule has 0 spiro atoms. The Hall–Kier alpha value is -1.08. The van der Waals surface area contributed by atoms with E-state index in [9.17, 15) is 20.4 Å². The zero-order valence-electron chi connectivity index (χ0n) is 14.3. The molecule has 2 aliphatic carbocycles. The molecule has 2 aliphatic rings. The van der Waals surface area contributed by atoms with E-state index in [1.54, 1.807) is 26.5 Å². The summed E-state index contributed by atoms with van der Waals surface area (Å²) in [5.74, 6) is -1.15. The minimum Gasteiger partial charge on any atom is -0.394 e. The lowest BCUT2D eigenvalue weighted by Gasteiger charge is -2.53. The van der Waals surface area contributed by atoms with Crippen molar-refractivity contribution in [2.75, 3.05) is 14.1 Å². The molecule has 6 nitrogen and oxygen atoms in total. The van der Waals surface area contributed by atoms with Gasteiger partial charge in [-0.05, 0) is 43.8 Å². The molecule has 2 rings (SSSR count). The highest BCUT2D eigenvalue weighted by Crippen LogP contribution is 2.48. The van der Waals surface area contributed by atoms with Gasteiger partial charge in [0.2, 0.25) is 0 Å². The predicted octanol–water partition coefficient (Wildman–Crippen LogP) is -0.441. The normalized spacial score (nSPS) is 44.3. The number of hydrogen-bond donors (Lipinski definition) is 6. The molecule has 132 valence electrons. The fourth-order valence-electron chi connectivity index (χ4n) is 4.18. The number of aliphatic hydroxyl groups excluding tert-OH is 4. The molecule has 2 fully saturated rings. The van der Waals surface area contributed by atoms with Gasteiger partial charge >= 0.3 is 0 Å². The van der Waals surface area contributed by atoms with Crippen molar-refractivity contribution in [3.63, 3.8) is 0 Å². The molecule has 0 bridgehead atoms. The standard InChI is InChI=1S/C17H30N2O4/c1-8(6-18-3)12-14(20)10(15(12)21)5-11-16(22)13(17(11)23)9(2)7-19-4/h6-7,10-23H,5H2,1-4H3/b8-6+,9-7+. The molecule has 6 heteroatoms. The highest BCUT2D eigenvalue weighted by molar-refractivity contribution is 5.19. The summed E-state index contributed by atoms with van der Waals surface area (Å²) in [4.78, 5) is 0. The third-order valence-electron chi connectivity index (χ3n) is 5.57. The maximum absolute atomic E-state index is 10.3. The number of aliphatic hydroxyl groups is 4. The summed E-state index contributed by atoms with van der Waals surface area (Å²) in [6, 6.07) is 0. The SMILES string of the molecule is CN/C=C(\C)C1C(O)C(CC2C(O)C(/C(C)=C/NC)C2O)C1O. The molecule has 6 N–H and O–H groups in total. The Morgan fingerprint density at radius 1 is 0.739 bits per heavy atom. The van der Waals surface area contributed by atoms with E-state index in [2.05, 4.69) is 10.6 Å². The maximum atomic E-state index is 10.3. The Morgan fingerprint density at radius 2 is 1.04 bits per heavy atom. The zero-order chi connectivity index (χ0) is 17.3. The average molecular weight is 326 g/mol. The minimum absolute atomic E-state index is 0.275. The van der Waals surface area contributed by atoms with E-state index >= 15 is 0 Å². The van der Waals surface area contributed by atoms with Gasteiger partial charge in [0.1, 0.15) is 0 Å². The summed E-state index contributed by atoms with van der Waals surface area (Å²) in [5, 5.41) is 47.1. The van der Waals surface area contributed by atoms with Gasteiger partial charge in [-0.1, -0.05) is 0 Å². The van der Waals surface area contributed by atoms with Crippen molar-refractivity contribution in [2.24, 2.45) is 23.7 Å². The van der Waals surface area contributed by atoms with Gasteiger partial charge in [0, 0.05) is 37.8 Å². The molecule has 23 heavy (non-hydrogen) atoms. The number of hydrogen-bond acceptors (Lipinski definition) is 6. The van der Waals surface area contributed by atoms with Crippen molar-refractivity contribution in [3.8, 4) is 0 Å². The quantitative estimate of drug-likeness (QED) is 0.395. The Bertz CT molecular complexity index is 417. The first-order valence-corrected chi connectivity index (χ1v) is 8.25. The Labute approximate surface area is 137 Å². The molecule has 0 aliphatic heterocycles. The monoisotopic (exact) mass is 326 g/mol. The first kappa shape index (κ1) is 18.3. The van der Waals surface area contributed by atoms with Crippen LogP contribution in [0.3, 0.4) is 0 Å². The summed E-state index contributed by atoms with van der Waals surface area (Å²) in [6.07, 6.45) is 1.44. The second-order valence-corrected chi connectivity index (χ2v) is 6.93. The van der Waals surface area contributed by atoms with Crippen LogP contribution in [0.15, 0.2) is 23.5 Å².